The molecular weight excluding hydrogens is 319 g/mol. The first-order chi connectivity index (χ1) is 8.63. The van der Waals surface area contributed by atoms with Crippen LogP contribution in [0.1, 0.15) is 11.4 Å². The average molecular weight is 331 g/mol. The Morgan fingerprint density at radius 1 is 1.44 bits per heavy atom. The van der Waals surface area contributed by atoms with Crippen molar-refractivity contribution in [2.75, 3.05) is 0 Å². The molecule has 0 saturated carbocycles. The van der Waals surface area contributed by atoms with Crippen LogP contribution in [0.3, 0.4) is 0 Å². The van der Waals surface area contributed by atoms with Gasteiger partial charge < -0.3 is 10.3 Å². The minimum Gasteiger partial charge on any atom is -0.324 e. The highest BCUT2D eigenvalue weighted by molar-refractivity contribution is 9.10. The summed E-state index contributed by atoms with van der Waals surface area (Å²) >= 11 is 4.74. The van der Waals surface area contributed by atoms with E-state index >= 15 is 0 Å². The van der Waals surface area contributed by atoms with Gasteiger partial charge in [-0.05, 0) is 27.6 Å². The Labute approximate surface area is 117 Å². The maximum Gasteiger partial charge on any atom is 0.191 e. The Balaban J connectivity index is 2.11. The topological polar surface area (TPSA) is 56.7 Å². The Hall–Kier alpha value is -0.920. The largest absolute Gasteiger partial charge is 0.324 e. The summed E-state index contributed by atoms with van der Waals surface area (Å²) < 4.78 is 15.7. The second-order valence-electron chi connectivity index (χ2n) is 3.66. The van der Waals surface area contributed by atoms with E-state index in [0.29, 0.717) is 16.8 Å². The second-order valence-corrected chi connectivity index (χ2v) is 5.40. The van der Waals surface area contributed by atoms with Crippen LogP contribution in [0.15, 0.2) is 27.8 Å². The number of thioether (sulfide) groups is 1. The smallest absolute Gasteiger partial charge is 0.191 e. The van der Waals surface area contributed by atoms with Crippen LogP contribution in [0.25, 0.3) is 0 Å². The zero-order chi connectivity index (χ0) is 13.1. The number of nitrogens with two attached hydrogens (primary N) is 1. The van der Waals surface area contributed by atoms with E-state index in [4.69, 9.17) is 5.73 Å². The van der Waals surface area contributed by atoms with Crippen molar-refractivity contribution < 1.29 is 4.39 Å². The molecule has 0 saturated heterocycles. The summed E-state index contributed by atoms with van der Waals surface area (Å²) in [7, 11) is 1.87. The Morgan fingerprint density at radius 3 is 2.89 bits per heavy atom. The lowest BCUT2D eigenvalue weighted by molar-refractivity contribution is 0.619. The Kier molecular flexibility index (Phi) is 4.36. The lowest BCUT2D eigenvalue weighted by atomic mass is 10.2. The molecule has 0 spiro atoms. The average Bonchev–Trinajstić information content (AvgIpc) is 2.72. The molecule has 18 heavy (non-hydrogen) atoms. The van der Waals surface area contributed by atoms with Gasteiger partial charge in [-0.2, -0.15) is 0 Å². The normalized spacial score (nSPS) is 10.9. The number of hydrogen-bond donors (Lipinski definition) is 1. The van der Waals surface area contributed by atoms with Gasteiger partial charge in [0.25, 0.3) is 0 Å². The van der Waals surface area contributed by atoms with Crippen LogP contribution in [0, 0.1) is 5.82 Å². The lowest BCUT2D eigenvalue weighted by Gasteiger charge is -2.05. The van der Waals surface area contributed by atoms with E-state index in [9.17, 15) is 4.39 Å². The number of rotatable bonds is 4. The molecule has 0 aliphatic carbocycles. The van der Waals surface area contributed by atoms with Crippen molar-refractivity contribution in [2.45, 2.75) is 17.5 Å². The number of aromatic nitrogens is 3. The van der Waals surface area contributed by atoms with Crippen LogP contribution in [-0.4, -0.2) is 14.8 Å². The van der Waals surface area contributed by atoms with Gasteiger partial charge >= 0.3 is 0 Å². The molecule has 1 aromatic carbocycles. The van der Waals surface area contributed by atoms with Crippen LogP contribution in [0.5, 0.6) is 0 Å². The summed E-state index contributed by atoms with van der Waals surface area (Å²) in [6.07, 6.45) is 0. The molecule has 0 amide bonds. The molecule has 1 heterocycles. The summed E-state index contributed by atoms with van der Waals surface area (Å²) in [5, 5.41) is 8.78. The first-order valence-corrected chi connectivity index (χ1v) is 7.05. The highest BCUT2D eigenvalue weighted by atomic mass is 79.9. The van der Waals surface area contributed by atoms with Crippen LogP contribution < -0.4 is 5.73 Å². The summed E-state index contributed by atoms with van der Waals surface area (Å²) in [6.45, 7) is 0.355. The maximum absolute atomic E-state index is 13.3. The molecule has 0 aliphatic rings. The molecule has 2 N–H and O–H groups in total. The van der Waals surface area contributed by atoms with Crippen molar-refractivity contribution in [2.24, 2.45) is 12.8 Å². The SMILES string of the molecule is Cn1c(CN)nnc1SCc1cccc(F)c1Br. The van der Waals surface area contributed by atoms with E-state index in [-0.39, 0.29) is 5.82 Å². The van der Waals surface area contributed by atoms with E-state index in [1.807, 2.05) is 17.7 Å². The van der Waals surface area contributed by atoms with Crippen molar-refractivity contribution >= 4 is 27.7 Å². The van der Waals surface area contributed by atoms with Crippen LogP contribution in [0.4, 0.5) is 4.39 Å². The van der Waals surface area contributed by atoms with Gasteiger partial charge in [0, 0.05) is 12.8 Å². The third-order valence-electron chi connectivity index (χ3n) is 2.50. The maximum atomic E-state index is 13.3. The van der Waals surface area contributed by atoms with Gasteiger partial charge in [-0.25, -0.2) is 4.39 Å². The minimum atomic E-state index is -0.256. The Bertz CT molecular complexity index is 558. The number of nitrogens with zero attached hydrogens (tertiary/aromatic N) is 3. The highest BCUT2D eigenvalue weighted by Gasteiger charge is 2.10. The summed E-state index contributed by atoms with van der Waals surface area (Å²) in [4.78, 5) is 0. The molecule has 0 fully saturated rings. The van der Waals surface area contributed by atoms with Crippen LogP contribution in [-0.2, 0) is 19.3 Å². The molecule has 2 rings (SSSR count). The molecule has 0 unspecified atom stereocenters. The van der Waals surface area contributed by atoms with Crippen LogP contribution >= 0.6 is 27.7 Å². The second kappa shape index (κ2) is 5.81. The van der Waals surface area contributed by atoms with Crippen molar-refractivity contribution in [3.05, 3.63) is 39.9 Å². The highest BCUT2D eigenvalue weighted by Crippen LogP contribution is 2.27. The molecule has 4 nitrogen and oxygen atoms in total. The van der Waals surface area contributed by atoms with Gasteiger partial charge in [0.05, 0.1) is 11.0 Å². The molecule has 96 valence electrons. The van der Waals surface area contributed by atoms with E-state index in [0.717, 1.165) is 16.5 Å². The number of hydrogen-bond acceptors (Lipinski definition) is 4. The predicted molar refractivity (Wildman–Crippen MR) is 72.6 cm³/mol. The van der Waals surface area contributed by atoms with Gasteiger partial charge in [0.2, 0.25) is 0 Å². The van der Waals surface area contributed by atoms with Crippen molar-refractivity contribution in [3.8, 4) is 0 Å². The lowest BCUT2D eigenvalue weighted by Crippen LogP contribution is -2.05. The monoisotopic (exact) mass is 330 g/mol. The van der Waals surface area contributed by atoms with E-state index in [2.05, 4.69) is 26.1 Å². The van der Waals surface area contributed by atoms with E-state index in [1.165, 1.54) is 17.8 Å². The number of benzene rings is 1. The fourth-order valence-corrected chi connectivity index (χ4v) is 2.96. The van der Waals surface area contributed by atoms with Crippen LogP contribution in [0.2, 0.25) is 0 Å². The molecule has 0 radical (unpaired) electrons. The van der Waals surface area contributed by atoms with E-state index in [1.54, 1.807) is 6.07 Å². The first-order valence-electron chi connectivity index (χ1n) is 5.27. The molecular formula is C11H12BrFN4S. The van der Waals surface area contributed by atoms with Gasteiger partial charge in [-0.3, -0.25) is 0 Å². The quantitative estimate of drug-likeness (QED) is 0.875. The summed E-state index contributed by atoms with van der Waals surface area (Å²) in [5.41, 5.74) is 6.41. The molecule has 2 aromatic rings. The molecule has 0 aliphatic heterocycles. The number of halogens is 2. The van der Waals surface area contributed by atoms with Crippen molar-refractivity contribution in [3.63, 3.8) is 0 Å². The zero-order valence-corrected chi connectivity index (χ0v) is 12.1. The third kappa shape index (κ3) is 2.73. The molecule has 0 bridgehead atoms. The van der Waals surface area contributed by atoms with Crippen molar-refractivity contribution in [1.82, 2.24) is 14.8 Å². The Morgan fingerprint density at radius 2 is 2.22 bits per heavy atom. The molecule has 1 aromatic heterocycles. The van der Waals surface area contributed by atoms with Gasteiger partial charge in [0.15, 0.2) is 5.16 Å². The predicted octanol–water partition coefficient (Wildman–Crippen LogP) is 2.47. The first kappa shape index (κ1) is 13.5. The summed E-state index contributed by atoms with van der Waals surface area (Å²) in [5.74, 6) is 1.10. The zero-order valence-electron chi connectivity index (χ0n) is 9.73. The summed E-state index contributed by atoms with van der Waals surface area (Å²) in [6, 6.07) is 4.99. The van der Waals surface area contributed by atoms with Gasteiger partial charge in [-0.15, -0.1) is 10.2 Å². The minimum absolute atomic E-state index is 0.256. The third-order valence-corrected chi connectivity index (χ3v) is 4.45. The molecule has 7 heteroatoms. The van der Waals surface area contributed by atoms with E-state index < -0.39 is 0 Å². The fraction of sp³-hybridized carbons (Fsp3) is 0.273. The van der Waals surface area contributed by atoms with Gasteiger partial charge in [-0.1, -0.05) is 23.9 Å². The van der Waals surface area contributed by atoms with Gasteiger partial charge in [0.1, 0.15) is 11.6 Å². The fourth-order valence-electron chi connectivity index (χ4n) is 1.45. The standard InChI is InChI=1S/C11H12BrFN4S/c1-17-9(5-14)15-16-11(17)18-6-7-3-2-4-8(13)10(7)12/h2-4H,5-6,14H2,1H3. The molecule has 0 atom stereocenters. The van der Waals surface area contributed by atoms with Crippen molar-refractivity contribution in [1.29, 1.82) is 0 Å².